The number of hydrogen-bond acceptors (Lipinski definition) is 3. The Balaban J connectivity index is 1.47. The number of amides is 2. The van der Waals surface area contributed by atoms with Gasteiger partial charge in [0.25, 0.3) is 0 Å². The highest BCUT2D eigenvalue weighted by atomic mass is 16.2. The number of para-hydroxylation sites is 1. The van der Waals surface area contributed by atoms with E-state index in [4.69, 9.17) is 0 Å². The first-order chi connectivity index (χ1) is 14.0. The second kappa shape index (κ2) is 6.70. The van der Waals surface area contributed by atoms with Crippen molar-refractivity contribution in [1.29, 1.82) is 0 Å². The molecule has 2 amide bonds. The summed E-state index contributed by atoms with van der Waals surface area (Å²) in [5.74, 6) is -0.441. The van der Waals surface area contributed by atoms with Crippen molar-refractivity contribution in [3.05, 3.63) is 64.7 Å². The van der Waals surface area contributed by atoms with Gasteiger partial charge in [-0.1, -0.05) is 42.0 Å². The highest BCUT2D eigenvalue weighted by Crippen LogP contribution is 2.55. The van der Waals surface area contributed by atoms with Crippen molar-refractivity contribution in [2.24, 2.45) is 5.92 Å². The predicted molar refractivity (Wildman–Crippen MR) is 112 cm³/mol. The van der Waals surface area contributed by atoms with Gasteiger partial charge in [-0.2, -0.15) is 0 Å². The SMILES string of the molecule is Cc1ccc(CNC(=O)[C@H]2C[C@H]3CCCN3[C@]23C(=O)Nc2ccccc23)c(C)c1. The van der Waals surface area contributed by atoms with Crippen LogP contribution in [0.25, 0.3) is 0 Å². The molecule has 5 nitrogen and oxygen atoms in total. The zero-order valence-electron chi connectivity index (χ0n) is 17.0. The quantitative estimate of drug-likeness (QED) is 0.847. The van der Waals surface area contributed by atoms with E-state index in [1.807, 2.05) is 24.3 Å². The van der Waals surface area contributed by atoms with Crippen molar-refractivity contribution in [3.8, 4) is 0 Å². The molecule has 2 N–H and O–H groups in total. The summed E-state index contributed by atoms with van der Waals surface area (Å²) in [4.78, 5) is 29.1. The van der Waals surface area contributed by atoms with Crippen LogP contribution in [0, 0.1) is 19.8 Å². The number of nitrogens with zero attached hydrogens (tertiary/aromatic N) is 1. The Hall–Kier alpha value is -2.66. The molecule has 2 aromatic rings. The number of anilines is 1. The molecular weight excluding hydrogens is 362 g/mol. The lowest BCUT2D eigenvalue weighted by Crippen LogP contribution is -2.54. The average molecular weight is 389 g/mol. The molecule has 0 aromatic heterocycles. The molecule has 0 unspecified atom stereocenters. The van der Waals surface area contributed by atoms with Gasteiger partial charge in [-0.3, -0.25) is 14.5 Å². The molecule has 3 aliphatic heterocycles. The number of hydrogen-bond donors (Lipinski definition) is 2. The molecule has 29 heavy (non-hydrogen) atoms. The van der Waals surface area contributed by atoms with Gasteiger partial charge in [-0.25, -0.2) is 0 Å². The zero-order valence-corrected chi connectivity index (χ0v) is 17.0. The first-order valence-corrected chi connectivity index (χ1v) is 10.5. The van der Waals surface area contributed by atoms with E-state index in [0.717, 1.165) is 42.6 Å². The van der Waals surface area contributed by atoms with Crippen molar-refractivity contribution in [3.63, 3.8) is 0 Å². The summed E-state index contributed by atoms with van der Waals surface area (Å²) in [6, 6.07) is 14.4. The van der Waals surface area contributed by atoms with Gasteiger partial charge < -0.3 is 10.6 Å². The summed E-state index contributed by atoms with van der Waals surface area (Å²) in [5, 5.41) is 6.20. The molecule has 0 bridgehead atoms. The molecule has 3 aliphatic rings. The standard InChI is InChI=1S/C24H27N3O2/c1-15-9-10-17(16(2)12-15)14-25-22(28)20-13-18-6-5-11-27(18)24(20)19-7-3-4-8-21(19)26-23(24)29/h3-4,7-10,12,18,20H,5-6,11,13-14H2,1-2H3,(H,25,28)(H,26,29)/t18-,20-,24+/m1/s1. The number of benzene rings is 2. The van der Waals surface area contributed by atoms with Gasteiger partial charge in [0.2, 0.25) is 11.8 Å². The minimum Gasteiger partial charge on any atom is -0.352 e. The maximum Gasteiger partial charge on any atom is 0.250 e. The third-order valence-electron chi connectivity index (χ3n) is 7.04. The van der Waals surface area contributed by atoms with Crippen LogP contribution < -0.4 is 10.6 Å². The number of aryl methyl sites for hydroxylation is 2. The second-order valence-corrected chi connectivity index (χ2v) is 8.69. The molecule has 1 spiro atoms. The Bertz CT molecular complexity index is 1000. The molecule has 0 radical (unpaired) electrons. The van der Waals surface area contributed by atoms with Gasteiger partial charge in [0.15, 0.2) is 0 Å². The Morgan fingerprint density at radius 2 is 2.07 bits per heavy atom. The fourth-order valence-electron chi connectivity index (χ4n) is 5.73. The third kappa shape index (κ3) is 2.64. The summed E-state index contributed by atoms with van der Waals surface area (Å²) in [7, 11) is 0. The molecule has 3 heterocycles. The maximum atomic E-state index is 13.4. The largest absolute Gasteiger partial charge is 0.352 e. The van der Waals surface area contributed by atoms with Crippen LogP contribution >= 0.6 is 0 Å². The van der Waals surface area contributed by atoms with Crippen LogP contribution in [0.2, 0.25) is 0 Å². The molecule has 0 aliphatic carbocycles. The highest BCUT2D eigenvalue weighted by molar-refractivity contribution is 6.09. The van der Waals surface area contributed by atoms with Gasteiger partial charge in [0.1, 0.15) is 5.54 Å². The molecule has 2 saturated heterocycles. The number of fused-ring (bicyclic) bond motifs is 4. The lowest BCUT2D eigenvalue weighted by atomic mass is 9.78. The minimum atomic E-state index is -0.871. The van der Waals surface area contributed by atoms with Crippen LogP contribution in [-0.2, 0) is 21.7 Å². The Labute approximate surface area is 171 Å². The summed E-state index contributed by atoms with van der Waals surface area (Å²) >= 11 is 0. The van der Waals surface area contributed by atoms with Crippen molar-refractivity contribution >= 4 is 17.5 Å². The maximum absolute atomic E-state index is 13.4. The number of carbonyl (C=O) groups excluding carboxylic acids is 2. The third-order valence-corrected chi connectivity index (χ3v) is 7.04. The lowest BCUT2D eigenvalue weighted by Gasteiger charge is -2.36. The van der Waals surface area contributed by atoms with Gasteiger partial charge >= 0.3 is 0 Å². The monoisotopic (exact) mass is 389 g/mol. The predicted octanol–water partition coefficient (Wildman–Crippen LogP) is 3.25. The normalized spacial score (nSPS) is 27.7. The molecule has 3 atom stereocenters. The fraction of sp³-hybridized carbons (Fsp3) is 0.417. The van der Waals surface area contributed by atoms with E-state index >= 15 is 0 Å². The Kier molecular flexibility index (Phi) is 4.24. The minimum absolute atomic E-state index is 0.0220. The van der Waals surface area contributed by atoms with E-state index in [0.29, 0.717) is 12.6 Å². The van der Waals surface area contributed by atoms with E-state index in [9.17, 15) is 9.59 Å². The van der Waals surface area contributed by atoms with Crippen LogP contribution in [0.1, 0.15) is 41.5 Å². The summed E-state index contributed by atoms with van der Waals surface area (Å²) < 4.78 is 0. The van der Waals surface area contributed by atoms with E-state index in [1.54, 1.807) is 0 Å². The summed E-state index contributed by atoms with van der Waals surface area (Å²) in [6.45, 7) is 5.50. The Morgan fingerprint density at radius 3 is 2.90 bits per heavy atom. The average Bonchev–Trinajstić information content (AvgIpc) is 3.35. The highest BCUT2D eigenvalue weighted by Gasteiger charge is 2.65. The first-order valence-electron chi connectivity index (χ1n) is 10.5. The number of rotatable bonds is 3. The molecule has 5 heteroatoms. The smallest absolute Gasteiger partial charge is 0.250 e. The van der Waals surface area contributed by atoms with Crippen molar-refractivity contribution in [1.82, 2.24) is 10.2 Å². The van der Waals surface area contributed by atoms with E-state index < -0.39 is 5.54 Å². The first kappa shape index (κ1) is 18.4. The lowest BCUT2D eigenvalue weighted by molar-refractivity contribution is -0.137. The van der Waals surface area contributed by atoms with Crippen LogP contribution in [0.5, 0.6) is 0 Å². The van der Waals surface area contributed by atoms with E-state index in [2.05, 4.69) is 47.6 Å². The van der Waals surface area contributed by atoms with Crippen LogP contribution in [0.4, 0.5) is 5.69 Å². The molecule has 5 rings (SSSR count). The molecular formula is C24H27N3O2. The number of nitrogens with one attached hydrogen (secondary N) is 2. The molecule has 0 saturated carbocycles. The van der Waals surface area contributed by atoms with Crippen molar-refractivity contribution in [2.45, 2.75) is 51.2 Å². The summed E-state index contributed by atoms with van der Waals surface area (Å²) in [5.41, 5.74) is 4.44. The van der Waals surface area contributed by atoms with Gasteiger partial charge in [0, 0.05) is 23.8 Å². The van der Waals surface area contributed by atoms with E-state index in [1.165, 1.54) is 11.1 Å². The molecule has 2 fully saturated rings. The topological polar surface area (TPSA) is 61.4 Å². The number of carbonyl (C=O) groups is 2. The zero-order chi connectivity index (χ0) is 20.2. The molecule has 150 valence electrons. The van der Waals surface area contributed by atoms with Gasteiger partial charge in [-0.05, 0) is 56.8 Å². The fourth-order valence-corrected chi connectivity index (χ4v) is 5.73. The second-order valence-electron chi connectivity index (χ2n) is 8.69. The molecule has 2 aromatic carbocycles. The summed E-state index contributed by atoms with van der Waals surface area (Å²) in [6.07, 6.45) is 2.87. The van der Waals surface area contributed by atoms with Gasteiger partial charge in [-0.15, -0.1) is 0 Å². The van der Waals surface area contributed by atoms with Crippen LogP contribution in [-0.4, -0.2) is 29.3 Å². The Morgan fingerprint density at radius 1 is 1.24 bits per heavy atom. The van der Waals surface area contributed by atoms with Crippen molar-refractivity contribution in [2.75, 3.05) is 11.9 Å². The van der Waals surface area contributed by atoms with E-state index in [-0.39, 0.29) is 17.7 Å². The van der Waals surface area contributed by atoms with Crippen LogP contribution in [0.3, 0.4) is 0 Å². The van der Waals surface area contributed by atoms with Crippen LogP contribution in [0.15, 0.2) is 42.5 Å². The van der Waals surface area contributed by atoms with Crippen molar-refractivity contribution < 1.29 is 9.59 Å². The van der Waals surface area contributed by atoms with Gasteiger partial charge in [0.05, 0.1) is 5.92 Å².